The smallest absolute Gasteiger partial charge is 0.277 e. The van der Waals surface area contributed by atoms with Gasteiger partial charge in [-0.1, -0.05) is 42.1 Å². The lowest BCUT2D eigenvalue weighted by Gasteiger charge is -1.99. The molecule has 1 amide bonds. The number of rotatable bonds is 6. The maximum absolute atomic E-state index is 13.0. The highest BCUT2D eigenvalue weighted by Gasteiger charge is 2.13. The van der Waals surface area contributed by atoms with Crippen molar-refractivity contribution in [3.05, 3.63) is 65.8 Å². The van der Waals surface area contributed by atoms with Gasteiger partial charge in [-0.3, -0.25) is 4.79 Å². The molecular formula is C19H13FN4O2S2. The van der Waals surface area contributed by atoms with Gasteiger partial charge in [-0.25, -0.2) is 9.37 Å². The van der Waals surface area contributed by atoms with E-state index in [4.69, 9.17) is 4.42 Å². The summed E-state index contributed by atoms with van der Waals surface area (Å²) in [5.41, 5.74) is 2.42. The van der Waals surface area contributed by atoms with E-state index in [-0.39, 0.29) is 28.6 Å². The Hall–Kier alpha value is -3.04. The first-order chi connectivity index (χ1) is 13.7. The number of carbonyl (C=O) groups excluding carboxylic acids is 1. The molecule has 140 valence electrons. The Morgan fingerprint density at radius 2 is 1.86 bits per heavy atom. The molecule has 0 saturated carbocycles. The number of anilines is 1. The van der Waals surface area contributed by atoms with Gasteiger partial charge < -0.3 is 9.73 Å². The van der Waals surface area contributed by atoms with E-state index >= 15 is 0 Å². The van der Waals surface area contributed by atoms with Crippen LogP contribution >= 0.6 is 23.1 Å². The summed E-state index contributed by atoms with van der Waals surface area (Å²) in [4.78, 5) is 16.6. The molecule has 0 spiro atoms. The van der Waals surface area contributed by atoms with Crippen LogP contribution in [-0.4, -0.2) is 26.8 Å². The number of aromatic nitrogens is 3. The minimum Gasteiger partial charge on any atom is -0.411 e. The quantitative estimate of drug-likeness (QED) is 0.461. The molecule has 28 heavy (non-hydrogen) atoms. The summed E-state index contributed by atoms with van der Waals surface area (Å²) >= 11 is 2.48. The summed E-state index contributed by atoms with van der Waals surface area (Å²) in [5.74, 6) is -0.186. The third kappa shape index (κ3) is 4.44. The Balaban J connectivity index is 1.33. The van der Waals surface area contributed by atoms with Gasteiger partial charge in [0.05, 0.1) is 11.4 Å². The molecule has 0 unspecified atom stereocenters. The number of hydrogen-bond acceptors (Lipinski definition) is 7. The zero-order valence-corrected chi connectivity index (χ0v) is 16.0. The number of halogens is 1. The second kappa shape index (κ2) is 8.32. The topological polar surface area (TPSA) is 80.9 Å². The van der Waals surface area contributed by atoms with Crippen molar-refractivity contribution in [3.8, 4) is 22.7 Å². The number of nitrogens with zero attached hydrogens (tertiary/aromatic N) is 3. The molecule has 0 aliphatic carbocycles. The second-order valence-electron chi connectivity index (χ2n) is 5.62. The van der Waals surface area contributed by atoms with Crippen LogP contribution in [0.2, 0.25) is 0 Å². The summed E-state index contributed by atoms with van der Waals surface area (Å²) < 4.78 is 18.5. The standard InChI is InChI=1S/C19H13FN4O2S2/c20-14-8-6-13(7-9-14)17-23-24-19(26-17)28-11-16(25)22-18-21-15(10-27-18)12-4-2-1-3-5-12/h1-10H,11H2,(H,21,22,25). The van der Waals surface area contributed by atoms with Crippen molar-refractivity contribution in [1.82, 2.24) is 15.2 Å². The number of carbonyl (C=O) groups is 1. The third-order valence-corrected chi connectivity index (χ3v) is 5.22. The van der Waals surface area contributed by atoms with Gasteiger partial charge in [0.15, 0.2) is 5.13 Å². The molecule has 0 aliphatic heterocycles. The molecule has 4 rings (SSSR count). The first kappa shape index (κ1) is 18.3. The van der Waals surface area contributed by atoms with Crippen molar-refractivity contribution in [2.45, 2.75) is 5.22 Å². The molecule has 0 fully saturated rings. The Bertz CT molecular complexity index is 1080. The van der Waals surface area contributed by atoms with Crippen molar-refractivity contribution in [1.29, 1.82) is 0 Å². The van der Waals surface area contributed by atoms with Crippen LogP contribution in [0.25, 0.3) is 22.7 Å². The van der Waals surface area contributed by atoms with E-state index in [1.54, 1.807) is 12.1 Å². The molecule has 0 atom stereocenters. The number of thioether (sulfide) groups is 1. The molecule has 0 radical (unpaired) electrons. The minimum atomic E-state index is -0.341. The van der Waals surface area contributed by atoms with Crippen molar-refractivity contribution < 1.29 is 13.6 Å². The van der Waals surface area contributed by atoms with Crippen molar-refractivity contribution in [2.24, 2.45) is 0 Å². The van der Waals surface area contributed by atoms with E-state index in [9.17, 15) is 9.18 Å². The monoisotopic (exact) mass is 412 g/mol. The summed E-state index contributed by atoms with van der Waals surface area (Å²) in [7, 11) is 0. The molecule has 0 aliphatic rings. The van der Waals surface area contributed by atoms with Gasteiger partial charge in [0.25, 0.3) is 5.22 Å². The highest BCUT2D eigenvalue weighted by molar-refractivity contribution is 7.99. The first-order valence-electron chi connectivity index (χ1n) is 8.20. The lowest BCUT2D eigenvalue weighted by molar-refractivity contribution is -0.113. The highest BCUT2D eigenvalue weighted by Crippen LogP contribution is 2.26. The van der Waals surface area contributed by atoms with E-state index in [0.29, 0.717) is 10.7 Å². The number of thiazole rings is 1. The number of amides is 1. The molecule has 2 aromatic carbocycles. The number of nitrogens with one attached hydrogen (secondary N) is 1. The van der Waals surface area contributed by atoms with Crippen LogP contribution in [-0.2, 0) is 4.79 Å². The predicted octanol–water partition coefficient (Wildman–Crippen LogP) is 4.73. The zero-order chi connectivity index (χ0) is 19.3. The molecule has 0 bridgehead atoms. The number of benzene rings is 2. The molecule has 4 aromatic rings. The van der Waals surface area contributed by atoms with Crippen LogP contribution in [0.1, 0.15) is 0 Å². The van der Waals surface area contributed by atoms with Gasteiger partial charge in [0, 0.05) is 16.5 Å². The normalized spacial score (nSPS) is 10.8. The molecule has 6 nitrogen and oxygen atoms in total. The predicted molar refractivity (Wildman–Crippen MR) is 107 cm³/mol. The molecule has 2 heterocycles. The SMILES string of the molecule is O=C(CSc1nnc(-c2ccc(F)cc2)o1)Nc1nc(-c2ccccc2)cs1. The van der Waals surface area contributed by atoms with Gasteiger partial charge in [-0.15, -0.1) is 21.5 Å². The summed E-state index contributed by atoms with van der Waals surface area (Å²) in [5, 5.41) is 13.3. The molecule has 0 saturated heterocycles. The minimum absolute atomic E-state index is 0.102. The van der Waals surface area contributed by atoms with E-state index in [1.165, 1.54) is 23.5 Å². The average molecular weight is 412 g/mol. The third-order valence-electron chi connectivity index (χ3n) is 3.64. The Morgan fingerprint density at radius 3 is 2.64 bits per heavy atom. The summed E-state index contributed by atoms with van der Waals surface area (Å²) in [6, 6.07) is 15.5. The lowest BCUT2D eigenvalue weighted by atomic mass is 10.2. The van der Waals surface area contributed by atoms with Crippen LogP contribution in [0.3, 0.4) is 0 Å². The van der Waals surface area contributed by atoms with Gasteiger partial charge in [0.2, 0.25) is 11.8 Å². The first-order valence-corrected chi connectivity index (χ1v) is 10.1. The summed E-state index contributed by atoms with van der Waals surface area (Å²) in [6.45, 7) is 0. The van der Waals surface area contributed by atoms with Gasteiger partial charge in [0.1, 0.15) is 5.82 Å². The fraction of sp³-hybridized carbons (Fsp3) is 0.0526. The van der Waals surface area contributed by atoms with Gasteiger partial charge >= 0.3 is 0 Å². The molecular weight excluding hydrogens is 399 g/mol. The van der Waals surface area contributed by atoms with E-state index in [2.05, 4.69) is 20.5 Å². The van der Waals surface area contributed by atoms with E-state index in [0.717, 1.165) is 23.0 Å². The largest absolute Gasteiger partial charge is 0.411 e. The Kier molecular flexibility index (Phi) is 5.45. The van der Waals surface area contributed by atoms with Gasteiger partial charge in [-0.2, -0.15) is 0 Å². The average Bonchev–Trinajstić information content (AvgIpc) is 3.37. The fourth-order valence-corrected chi connectivity index (χ4v) is 3.63. The van der Waals surface area contributed by atoms with Crippen LogP contribution in [0, 0.1) is 5.82 Å². The molecule has 1 N–H and O–H groups in total. The van der Waals surface area contributed by atoms with Crippen molar-refractivity contribution in [2.75, 3.05) is 11.1 Å². The Morgan fingerprint density at radius 1 is 1.07 bits per heavy atom. The van der Waals surface area contributed by atoms with Crippen molar-refractivity contribution >= 4 is 34.1 Å². The number of hydrogen-bond donors (Lipinski definition) is 1. The maximum Gasteiger partial charge on any atom is 0.277 e. The van der Waals surface area contributed by atoms with E-state index in [1.807, 2.05) is 35.7 Å². The Labute approximate surface area is 167 Å². The highest BCUT2D eigenvalue weighted by atomic mass is 32.2. The fourth-order valence-electron chi connectivity index (χ4n) is 2.33. The second-order valence-corrected chi connectivity index (χ2v) is 7.41. The molecule has 2 aromatic heterocycles. The van der Waals surface area contributed by atoms with Crippen molar-refractivity contribution in [3.63, 3.8) is 0 Å². The van der Waals surface area contributed by atoms with Crippen LogP contribution in [0.15, 0.2) is 69.6 Å². The molecule has 9 heteroatoms. The maximum atomic E-state index is 13.0. The van der Waals surface area contributed by atoms with E-state index < -0.39 is 0 Å². The van der Waals surface area contributed by atoms with Crippen LogP contribution < -0.4 is 5.32 Å². The lowest BCUT2D eigenvalue weighted by Crippen LogP contribution is -2.13. The van der Waals surface area contributed by atoms with Crippen LogP contribution in [0.4, 0.5) is 9.52 Å². The summed E-state index contributed by atoms with van der Waals surface area (Å²) in [6.07, 6.45) is 0. The zero-order valence-electron chi connectivity index (χ0n) is 14.3. The van der Waals surface area contributed by atoms with Crippen LogP contribution in [0.5, 0.6) is 0 Å². The van der Waals surface area contributed by atoms with Gasteiger partial charge in [-0.05, 0) is 24.3 Å².